The predicted molar refractivity (Wildman–Crippen MR) is 126 cm³/mol. The Kier molecular flexibility index (Phi) is 5.90. The van der Waals surface area contributed by atoms with Crippen molar-refractivity contribution in [2.24, 2.45) is 16.9 Å². The van der Waals surface area contributed by atoms with E-state index in [1.54, 1.807) is 5.06 Å². The number of rotatable bonds is 5. The average Bonchev–Trinajstić information content (AvgIpc) is 3.50. The highest BCUT2D eigenvalue weighted by Gasteiger charge is 2.46. The molecule has 1 aliphatic carbocycles. The second-order valence-corrected chi connectivity index (χ2v) is 10.4. The molecule has 2 amide bonds. The Morgan fingerprint density at radius 2 is 1.64 bits per heavy atom. The molecule has 1 aliphatic heterocycles. The monoisotopic (exact) mass is 454 g/mol. The van der Waals surface area contributed by atoms with E-state index in [1.807, 2.05) is 0 Å². The lowest BCUT2D eigenvalue weighted by Gasteiger charge is -2.42. The second-order valence-electron chi connectivity index (χ2n) is 10.4. The molecule has 1 aromatic heterocycles. The molecule has 1 saturated carbocycles. The van der Waals surface area contributed by atoms with Crippen LogP contribution in [0.25, 0.3) is 11.1 Å². The topological polar surface area (TPSA) is 113 Å². The summed E-state index contributed by atoms with van der Waals surface area (Å²) in [6.45, 7) is 11.5. The lowest BCUT2D eigenvalue weighted by atomic mass is 9.83. The average molecular weight is 455 g/mol. The first-order valence-corrected chi connectivity index (χ1v) is 11.6. The van der Waals surface area contributed by atoms with Gasteiger partial charge < -0.3 is 25.6 Å². The van der Waals surface area contributed by atoms with Crippen LogP contribution >= 0.6 is 0 Å². The molecule has 0 saturated heterocycles. The molecule has 33 heavy (non-hydrogen) atoms. The molecule has 0 radical (unpaired) electrons. The number of primary amides is 2. The van der Waals surface area contributed by atoms with Gasteiger partial charge in [-0.25, -0.2) is 9.59 Å². The van der Waals surface area contributed by atoms with Gasteiger partial charge in [0.2, 0.25) is 0 Å². The van der Waals surface area contributed by atoms with Crippen LogP contribution in [-0.4, -0.2) is 28.4 Å². The molecule has 8 nitrogen and oxygen atoms in total. The van der Waals surface area contributed by atoms with Crippen LogP contribution in [0.4, 0.5) is 9.59 Å². The lowest BCUT2D eigenvalue weighted by Crippen LogP contribution is -2.46. The molecule has 2 heterocycles. The molecule has 1 fully saturated rings. The van der Waals surface area contributed by atoms with Gasteiger partial charge in [0.15, 0.2) is 5.75 Å². The Morgan fingerprint density at radius 3 is 2.12 bits per heavy atom. The zero-order valence-corrected chi connectivity index (χ0v) is 20.1. The fourth-order valence-corrected chi connectivity index (χ4v) is 4.96. The standard InChI is InChI=1S/C25H34N4O4/c1-14(2)15-6-8-16(9-7-15)18-19(17-10-11-17)28-12-13-29(33-24(27)31)22(25(3,4)5)20(28)21(18)32-23(26)30/h6-9,14,17,22H,10-13H2,1-5H3,(H2,26,30)(H2,27,31). The van der Waals surface area contributed by atoms with Gasteiger partial charge in [0.1, 0.15) is 0 Å². The largest absolute Gasteiger partial charge is 0.423 e. The number of aromatic nitrogens is 1. The zero-order valence-electron chi connectivity index (χ0n) is 20.1. The Labute approximate surface area is 194 Å². The lowest BCUT2D eigenvalue weighted by molar-refractivity contribution is -0.168. The minimum absolute atomic E-state index is 0.360. The summed E-state index contributed by atoms with van der Waals surface area (Å²) >= 11 is 0. The first kappa shape index (κ1) is 23.2. The molecule has 1 aromatic carbocycles. The van der Waals surface area contributed by atoms with Crippen molar-refractivity contribution < 1.29 is 19.2 Å². The van der Waals surface area contributed by atoms with Crippen LogP contribution in [0.5, 0.6) is 5.75 Å². The summed E-state index contributed by atoms with van der Waals surface area (Å²) in [6.07, 6.45) is 0.427. The van der Waals surface area contributed by atoms with Crippen molar-refractivity contribution in [2.45, 2.75) is 71.9 Å². The number of hydrogen-bond acceptors (Lipinski definition) is 5. The third-order valence-corrected chi connectivity index (χ3v) is 6.45. The molecule has 178 valence electrons. The Hall–Kier alpha value is -3.00. The van der Waals surface area contributed by atoms with Gasteiger partial charge in [-0.15, -0.1) is 5.06 Å². The van der Waals surface area contributed by atoms with Crippen LogP contribution in [-0.2, 0) is 11.4 Å². The molecule has 0 spiro atoms. The fourth-order valence-electron chi connectivity index (χ4n) is 4.96. The smallest absolute Gasteiger partial charge is 0.408 e. The maximum atomic E-state index is 12.1. The SMILES string of the molecule is CC(C)c1ccc(-c2c(OC(N)=O)c3n(c2C2CC2)CCN(OC(N)=O)C3C(C)(C)C)cc1. The maximum absolute atomic E-state index is 12.1. The van der Waals surface area contributed by atoms with Crippen molar-refractivity contribution >= 4 is 12.2 Å². The molecule has 2 aromatic rings. The predicted octanol–water partition coefficient (Wildman–Crippen LogP) is 5.03. The summed E-state index contributed by atoms with van der Waals surface area (Å²) in [6, 6.07) is 8.02. The number of amides is 2. The number of carbonyl (C=O) groups excluding carboxylic acids is 2. The van der Waals surface area contributed by atoms with E-state index < -0.39 is 12.2 Å². The fraction of sp³-hybridized carbons (Fsp3) is 0.520. The van der Waals surface area contributed by atoms with Gasteiger partial charge in [0, 0.05) is 23.7 Å². The van der Waals surface area contributed by atoms with Gasteiger partial charge in [0.25, 0.3) is 0 Å². The maximum Gasteiger partial charge on any atom is 0.423 e. The highest BCUT2D eigenvalue weighted by molar-refractivity contribution is 5.81. The third kappa shape index (κ3) is 4.44. The zero-order chi connectivity index (χ0) is 24.1. The van der Waals surface area contributed by atoms with Gasteiger partial charge in [-0.3, -0.25) is 0 Å². The minimum Gasteiger partial charge on any atom is -0.408 e. The van der Waals surface area contributed by atoms with Crippen LogP contribution in [0.1, 0.15) is 82.3 Å². The van der Waals surface area contributed by atoms with E-state index in [2.05, 4.69) is 63.5 Å². The van der Waals surface area contributed by atoms with Crippen molar-refractivity contribution in [3.8, 4) is 16.9 Å². The Balaban J connectivity index is 1.97. The van der Waals surface area contributed by atoms with E-state index in [0.717, 1.165) is 35.4 Å². The molecule has 1 unspecified atom stereocenters. The van der Waals surface area contributed by atoms with Crippen molar-refractivity contribution in [3.05, 3.63) is 41.2 Å². The van der Waals surface area contributed by atoms with Crippen LogP contribution in [0, 0.1) is 5.41 Å². The molecule has 4 rings (SSSR count). The summed E-state index contributed by atoms with van der Waals surface area (Å²) in [5.41, 5.74) is 15.6. The number of nitrogens with two attached hydrogens (primary N) is 2. The van der Waals surface area contributed by atoms with Crippen LogP contribution in [0.3, 0.4) is 0 Å². The van der Waals surface area contributed by atoms with E-state index in [1.165, 1.54) is 5.56 Å². The van der Waals surface area contributed by atoms with Gasteiger partial charge >= 0.3 is 12.2 Å². The summed E-state index contributed by atoms with van der Waals surface area (Å²) in [5, 5.41) is 1.60. The minimum atomic E-state index is -0.869. The molecule has 0 bridgehead atoms. The van der Waals surface area contributed by atoms with E-state index in [0.29, 0.717) is 30.7 Å². The number of fused-ring (bicyclic) bond motifs is 1. The van der Waals surface area contributed by atoms with Gasteiger partial charge in [0.05, 0.1) is 18.3 Å². The highest BCUT2D eigenvalue weighted by atomic mass is 16.7. The van der Waals surface area contributed by atoms with E-state index in [9.17, 15) is 9.59 Å². The number of carbonyl (C=O) groups is 2. The highest BCUT2D eigenvalue weighted by Crippen LogP contribution is 2.55. The number of nitrogens with zero attached hydrogens (tertiary/aromatic N) is 2. The Bertz CT molecular complexity index is 1060. The molecule has 1 atom stereocenters. The first-order chi connectivity index (χ1) is 15.5. The first-order valence-electron chi connectivity index (χ1n) is 11.6. The number of hydrogen-bond donors (Lipinski definition) is 2. The molecule has 2 aliphatic rings. The molecular weight excluding hydrogens is 420 g/mol. The summed E-state index contributed by atoms with van der Waals surface area (Å²) in [7, 11) is 0. The molecular formula is C25H34N4O4. The summed E-state index contributed by atoms with van der Waals surface area (Å²) < 4.78 is 7.98. The van der Waals surface area contributed by atoms with Crippen LogP contribution < -0.4 is 16.2 Å². The van der Waals surface area contributed by atoms with E-state index >= 15 is 0 Å². The van der Waals surface area contributed by atoms with Crippen LogP contribution in [0.15, 0.2) is 24.3 Å². The molecule has 8 heteroatoms. The van der Waals surface area contributed by atoms with E-state index in [4.69, 9.17) is 21.0 Å². The molecule has 4 N–H and O–H groups in total. The number of benzene rings is 1. The van der Waals surface area contributed by atoms with Gasteiger partial charge in [-0.1, -0.05) is 58.9 Å². The van der Waals surface area contributed by atoms with Gasteiger partial charge in [-0.05, 0) is 35.3 Å². The summed E-state index contributed by atoms with van der Waals surface area (Å²) in [5.74, 6) is 1.24. The van der Waals surface area contributed by atoms with Crippen molar-refractivity contribution in [1.29, 1.82) is 0 Å². The third-order valence-electron chi connectivity index (χ3n) is 6.45. The normalized spacial score (nSPS) is 18.8. The van der Waals surface area contributed by atoms with Crippen molar-refractivity contribution in [1.82, 2.24) is 9.63 Å². The number of ether oxygens (including phenoxy) is 1. The second kappa shape index (κ2) is 8.41. The van der Waals surface area contributed by atoms with Gasteiger partial charge in [-0.2, -0.15) is 0 Å². The number of hydroxylamine groups is 2. The van der Waals surface area contributed by atoms with E-state index in [-0.39, 0.29) is 11.5 Å². The van der Waals surface area contributed by atoms with Crippen molar-refractivity contribution in [3.63, 3.8) is 0 Å². The van der Waals surface area contributed by atoms with Crippen LogP contribution in [0.2, 0.25) is 0 Å². The Morgan fingerprint density at radius 1 is 1.00 bits per heavy atom. The van der Waals surface area contributed by atoms with Crippen molar-refractivity contribution in [2.75, 3.05) is 6.54 Å². The summed E-state index contributed by atoms with van der Waals surface area (Å²) in [4.78, 5) is 29.1. The quantitative estimate of drug-likeness (QED) is 0.658.